The van der Waals surface area contributed by atoms with Gasteiger partial charge < -0.3 is 20.5 Å². The fourth-order valence-corrected chi connectivity index (χ4v) is 6.03. The van der Waals surface area contributed by atoms with Gasteiger partial charge in [-0.25, -0.2) is 4.79 Å². The Hall–Kier alpha value is -3.35. The largest absolute Gasteiger partial charge is 0.481 e. The number of hydrogen-bond acceptors (Lipinski definition) is 4. The Balaban J connectivity index is 1.09. The van der Waals surface area contributed by atoms with E-state index in [-0.39, 0.29) is 48.8 Å². The second kappa shape index (κ2) is 9.12. The van der Waals surface area contributed by atoms with E-state index in [4.69, 9.17) is 4.74 Å². The molecule has 0 heterocycles. The van der Waals surface area contributed by atoms with Crippen LogP contribution in [0.1, 0.15) is 49.7 Å². The van der Waals surface area contributed by atoms with E-state index in [0.717, 1.165) is 17.5 Å². The standard InChI is InChI=1S/C27H30N2O5/c1-15(10-25(30)29-24-13-16-11-17(26(31)32)12-22(16)24)28-27(33)34-14-23-20-8-4-2-6-18(20)19-7-3-5-9-21(19)23/h2-9,15-17,22-24H,10-14H2,1H3,(H,28,33)(H,29,30)(H,31,32)/t15?,16-,17?,22-,24+/m0/s1. The molecule has 0 aromatic heterocycles. The van der Waals surface area contributed by atoms with Crippen molar-refractivity contribution in [3.05, 3.63) is 59.7 Å². The van der Waals surface area contributed by atoms with Gasteiger partial charge in [0.05, 0.1) is 5.92 Å². The smallest absolute Gasteiger partial charge is 0.407 e. The van der Waals surface area contributed by atoms with Crippen LogP contribution in [0.3, 0.4) is 0 Å². The van der Waals surface area contributed by atoms with Gasteiger partial charge in [-0.3, -0.25) is 9.59 Å². The molecule has 0 bridgehead atoms. The Bertz CT molecular complexity index is 1070. The maximum Gasteiger partial charge on any atom is 0.407 e. The minimum Gasteiger partial charge on any atom is -0.481 e. The summed E-state index contributed by atoms with van der Waals surface area (Å²) in [5.74, 6) is -0.497. The van der Waals surface area contributed by atoms with Crippen LogP contribution in [0.4, 0.5) is 4.79 Å². The summed E-state index contributed by atoms with van der Waals surface area (Å²) in [7, 11) is 0. The van der Waals surface area contributed by atoms with E-state index in [0.29, 0.717) is 18.8 Å². The van der Waals surface area contributed by atoms with Crippen LogP contribution in [0.25, 0.3) is 11.1 Å². The Labute approximate surface area is 198 Å². The summed E-state index contributed by atoms with van der Waals surface area (Å²) in [6, 6.07) is 16.0. The first-order chi connectivity index (χ1) is 16.4. The zero-order valence-electron chi connectivity index (χ0n) is 19.2. The molecule has 0 radical (unpaired) electrons. The van der Waals surface area contributed by atoms with Gasteiger partial charge in [0.15, 0.2) is 0 Å². The first kappa shape index (κ1) is 22.4. The summed E-state index contributed by atoms with van der Waals surface area (Å²) in [5, 5.41) is 15.0. The van der Waals surface area contributed by atoms with E-state index in [2.05, 4.69) is 34.9 Å². The number of fused-ring (bicyclic) bond motifs is 4. The molecule has 0 aliphatic heterocycles. The van der Waals surface area contributed by atoms with E-state index in [1.54, 1.807) is 6.92 Å². The first-order valence-corrected chi connectivity index (χ1v) is 12.0. The van der Waals surface area contributed by atoms with Crippen LogP contribution in [0.2, 0.25) is 0 Å². The van der Waals surface area contributed by atoms with Crippen molar-refractivity contribution in [2.45, 2.75) is 50.6 Å². The average Bonchev–Trinajstić information content (AvgIpc) is 3.31. The molecule has 3 N–H and O–H groups in total. The number of ether oxygens (including phenoxy) is 1. The molecule has 2 saturated carbocycles. The van der Waals surface area contributed by atoms with Crippen LogP contribution in [0, 0.1) is 17.8 Å². The van der Waals surface area contributed by atoms with E-state index in [1.807, 2.05) is 24.3 Å². The molecule has 2 amide bonds. The monoisotopic (exact) mass is 462 g/mol. The Morgan fingerprint density at radius 3 is 2.29 bits per heavy atom. The predicted molar refractivity (Wildman–Crippen MR) is 126 cm³/mol. The maximum absolute atomic E-state index is 12.5. The molecule has 3 aliphatic rings. The van der Waals surface area contributed by atoms with Crippen molar-refractivity contribution in [1.29, 1.82) is 0 Å². The predicted octanol–water partition coefficient (Wildman–Crippen LogP) is 3.92. The molecular weight excluding hydrogens is 432 g/mol. The third-order valence-electron chi connectivity index (χ3n) is 7.72. The van der Waals surface area contributed by atoms with Crippen molar-refractivity contribution in [3.63, 3.8) is 0 Å². The minimum atomic E-state index is -0.736. The van der Waals surface area contributed by atoms with Gasteiger partial charge in [-0.05, 0) is 60.3 Å². The molecule has 0 saturated heterocycles. The highest BCUT2D eigenvalue weighted by Crippen LogP contribution is 2.49. The van der Waals surface area contributed by atoms with Gasteiger partial charge in [-0.1, -0.05) is 48.5 Å². The summed E-state index contributed by atoms with van der Waals surface area (Å²) < 4.78 is 5.56. The number of rotatable bonds is 7. The van der Waals surface area contributed by atoms with Gasteiger partial charge in [-0.2, -0.15) is 0 Å². The number of alkyl carbamates (subject to hydrolysis) is 1. The van der Waals surface area contributed by atoms with E-state index in [1.165, 1.54) is 11.1 Å². The lowest BCUT2D eigenvalue weighted by Gasteiger charge is -2.41. The quantitative estimate of drug-likeness (QED) is 0.579. The molecule has 2 aromatic carbocycles. The van der Waals surface area contributed by atoms with E-state index in [9.17, 15) is 19.5 Å². The van der Waals surface area contributed by atoms with Crippen molar-refractivity contribution >= 4 is 18.0 Å². The van der Waals surface area contributed by atoms with Gasteiger partial charge in [0.1, 0.15) is 6.61 Å². The summed E-state index contributed by atoms with van der Waals surface area (Å²) in [6.07, 6.45) is 1.81. The molecule has 7 nitrogen and oxygen atoms in total. The third kappa shape index (κ3) is 4.27. The fraction of sp³-hybridized carbons (Fsp3) is 0.444. The van der Waals surface area contributed by atoms with Crippen molar-refractivity contribution < 1.29 is 24.2 Å². The summed E-state index contributed by atoms with van der Waals surface area (Å²) in [5.41, 5.74) is 4.65. The Morgan fingerprint density at radius 1 is 1.00 bits per heavy atom. The summed E-state index contributed by atoms with van der Waals surface area (Å²) in [6.45, 7) is 2.01. The highest BCUT2D eigenvalue weighted by molar-refractivity contribution is 5.80. The topological polar surface area (TPSA) is 105 Å². The number of hydrogen-bond donors (Lipinski definition) is 3. The number of aliphatic carboxylic acids is 1. The molecule has 2 aromatic rings. The minimum absolute atomic E-state index is 0.00985. The molecule has 2 fully saturated rings. The lowest BCUT2D eigenvalue weighted by molar-refractivity contribution is -0.141. The van der Waals surface area contributed by atoms with Gasteiger partial charge >= 0.3 is 12.1 Å². The number of carboxylic acids is 1. The van der Waals surface area contributed by atoms with Gasteiger partial charge in [0.2, 0.25) is 5.91 Å². The highest BCUT2D eigenvalue weighted by atomic mass is 16.5. The average molecular weight is 463 g/mol. The van der Waals surface area contributed by atoms with Crippen molar-refractivity contribution in [2.75, 3.05) is 6.61 Å². The van der Waals surface area contributed by atoms with Gasteiger partial charge in [-0.15, -0.1) is 0 Å². The molecule has 178 valence electrons. The second-order valence-electron chi connectivity index (χ2n) is 9.92. The molecule has 2 unspecified atom stereocenters. The first-order valence-electron chi connectivity index (χ1n) is 12.0. The lowest BCUT2D eigenvalue weighted by atomic mass is 9.71. The van der Waals surface area contributed by atoms with Crippen LogP contribution in [-0.2, 0) is 14.3 Å². The second-order valence-corrected chi connectivity index (χ2v) is 9.92. The maximum atomic E-state index is 12.5. The molecule has 7 heteroatoms. The lowest BCUT2D eigenvalue weighted by Crippen LogP contribution is -2.51. The Morgan fingerprint density at radius 2 is 1.65 bits per heavy atom. The van der Waals surface area contributed by atoms with E-state index >= 15 is 0 Å². The SMILES string of the molecule is CC(CC(=O)N[C@@H]1C[C@@H]2CC(C(=O)O)C[C@@H]21)NC(=O)OCC1c2ccccc2-c2ccccc21. The van der Waals surface area contributed by atoms with Crippen LogP contribution in [-0.4, -0.2) is 41.8 Å². The van der Waals surface area contributed by atoms with E-state index < -0.39 is 12.1 Å². The normalized spacial score (nSPS) is 25.3. The molecule has 5 atom stereocenters. The Kier molecular flexibility index (Phi) is 6.02. The van der Waals surface area contributed by atoms with Gasteiger partial charge in [0, 0.05) is 24.4 Å². The van der Waals surface area contributed by atoms with Crippen LogP contribution in [0.15, 0.2) is 48.5 Å². The van der Waals surface area contributed by atoms with Crippen LogP contribution >= 0.6 is 0 Å². The number of nitrogens with one attached hydrogen (secondary N) is 2. The van der Waals surface area contributed by atoms with Crippen LogP contribution < -0.4 is 10.6 Å². The molecule has 3 aliphatic carbocycles. The third-order valence-corrected chi connectivity index (χ3v) is 7.72. The van der Waals surface area contributed by atoms with Crippen molar-refractivity contribution in [3.8, 4) is 11.1 Å². The number of carboxylic acid groups (broad SMARTS) is 1. The molecular formula is C27H30N2O5. The molecule has 34 heavy (non-hydrogen) atoms. The zero-order chi connectivity index (χ0) is 23.8. The molecule has 5 rings (SSSR count). The zero-order valence-corrected chi connectivity index (χ0v) is 19.2. The van der Waals surface area contributed by atoms with Crippen LogP contribution in [0.5, 0.6) is 0 Å². The number of carbonyl (C=O) groups excluding carboxylic acids is 2. The number of benzene rings is 2. The molecule has 0 spiro atoms. The van der Waals surface area contributed by atoms with Crippen molar-refractivity contribution in [2.24, 2.45) is 17.8 Å². The van der Waals surface area contributed by atoms with Crippen molar-refractivity contribution in [1.82, 2.24) is 10.6 Å². The number of carbonyl (C=O) groups is 3. The van der Waals surface area contributed by atoms with Gasteiger partial charge in [0.25, 0.3) is 0 Å². The summed E-state index contributed by atoms with van der Waals surface area (Å²) >= 11 is 0. The highest BCUT2D eigenvalue weighted by Gasteiger charge is 2.49. The number of amides is 2. The summed E-state index contributed by atoms with van der Waals surface area (Å²) in [4.78, 5) is 36.1. The fourth-order valence-electron chi connectivity index (χ4n) is 6.03.